The number of aliphatic hydroxyl groups is 1. The molecule has 5 atom stereocenters. The molecule has 0 aromatic carbocycles. The van der Waals surface area contributed by atoms with Gasteiger partial charge in [-0.2, -0.15) is 0 Å². The van der Waals surface area contributed by atoms with Gasteiger partial charge < -0.3 is 33.8 Å². The molecule has 19 heteroatoms. The van der Waals surface area contributed by atoms with E-state index in [1.807, 2.05) is 0 Å². The normalized spacial score (nSPS) is 14.5. The zero-order valence-corrected chi connectivity index (χ0v) is 49.5. The molecule has 0 rings (SSSR count). The fourth-order valence-electron chi connectivity index (χ4n) is 8.17. The summed E-state index contributed by atoms with van der Waals surface area (Å²) >= 11 is 0. The van der Waals surface area contributed by atoms with Gasteiger partial charge in [0.25, 0.3) is 0 Å². The summed E-state index contributed by atoms with van der Waals surface area (Å²) in [6, 6.07) is 0. The molecule has 0 aliphatic rings. The van der Waals surface area contributed by atoms with Crippen molar-refractivity contribution in [1.29, 1.82) is 0 Å². The van der Waals surface area contributed by atoms with E-state index in [1.54, 1.807) is 0 Å². The molecule has 0 saturated carbocycles. The van der Waals surface area contributed by atoms with Crippen molar-refractivity contribution in [2.45, 2.75) is 291 Å². The Morgan fingerprint density at radius 1 is 0.360 bits per heavy atom. The largest absolute Gasteiger partial charge is 0.472 e. The summed E-state index contributed by atoms with van der Waals surface area (Å²) < 4.78 is 67.4. The molecule has 0 aliphatic heterocycles. The Morgan fingerprint density at radius 2 is 0.613 bits per heavy atom. The monoisotopic (exact) mass is 1110 g/mol. The number of phosphoric acid groups is 2. The van der Waals surface area contributed by atoms with Crippen LogP contribution >= 0.6 is 15.6 Å². The lowest BCUT2D eigenvalue weighted by Crippen LogP contribution is -2.30. The van der Waals surface area contributed by atoms with E-state index in [2.05, 4.69) is 34.6 Å². The highest BCUT2D eigenvalue weighted by Crippen LogP contribution is 2.45. The Balaban J connectivity index is 5.18. The molecule has 2 unspecified atom stereocenters. The fraction of sp³-hybridized carbons (Fsp3) is 0.929. The van der Waals surface area contributed by atoms with Crippen molar-refractivity contribution in [3.8, 4) is 0 Å². The summed E-state index contributed by atoms with van der Waals surface area (Å²) in [6.45, 7) is 6.98. The molecule has 0 fully saturated rings. The van der Waals surface area contributed by atoms with Crippen molar-refractivity contribution in [3.05, 3.63) is 0 Å². The van der Waals surface area contributed by atoms with Gasteiger partial charge in [-0.15, -0.1) is 0 Å². The van der Waals surface area contributed by atoms with E-state index >= 15 is 0 Å². The Bertz CT molecular complexity index is 1480. The third kappa shape index (κ3) is 51.3. The van der Waals surface area contributed by atoms with Crippen LogP contribution in [0.25, 0.3) is 0 Å². The van der Waals surface area contributed by atoms with Crippen molar-refractivity contribution in [1.82, 2.24) is 0 Å². The average molecular weight is 1120 g/mol. The molecule has 17 nitrogen and oxygen atoms in total. The van der Waals surface area contributed by atoms with Gasteiger partial charge in [0.05, 0.1) is 26.4 Å². The van der Waals surface area contributed by atoms with Gasteiger partial charge in [0.1, 0.15) is 19.3 Å². The van der Waals surface area contributed by atoms with Crippen LogP contribution in [0.5, 0.6) is 0 Å². The number of rotatable bonds is 56. The second kappa shape index (κ2) is 50.3. The zero-order chi connectivity index (χ0) is 55.7. The second-order valence-corrected chi connectivity index (χ2v) is 23.7. The van der Waals surface area contributed by atoms with Gasteiger partial charge in [0.2, 0.25) is 0 Å². The first-order valence-electron chi connectivity index (χ1n) is 29.6. The third-order valence-corrected chi connectivity index (χ3v) is 14.7. The third-order valence-electron chi connectivity index (χ3n) is 12.8. The Labute approximate surface area is 454 Å². The Kier molecular flexibility index (Phi) is 49.0. The Morgan fingerprint density at radius 3 is 0.907 bits per heavy atom. The molecule has 0 radical (unpaired) electrons. The highest BCUT2D eigenvalue weighted by atomic mass is 31.2. The summed E-state index contributed by atoms with van der Waals surface area (Å²) in [6.07, 6.45) is 31.1. The summed E-state index contributed by atoms with van der Waals surface area (Å²) in [5.41, 5.74) is 0. The van der Waals surface area contributed by atoms with Crippen molar-refractivity contribution >= 4 is 39.5 Å². The standard InChI is InChI=1S/C56H108O17P2/c1-6-9-12-15-17-19-21-25-30-35-40-54(59)67-46-52(73-56(61)42-37-32-27-23-22-24-29-33-38-49(4)5)48-71-75(64,65)69-44-50(57)43-68-74(62,63)70-47-51(45-66-53(58)39-34-28-14-11-8-3)72-55(60)41-36-31-26-20-18-16-13-10-7-2/h49-52,57H,6-48H2,1-5H3,(H,62,63)(H,64,65)/t50-,51+,52+/m0/s1. The van der Waals surface area contributed by atoms with Crippen molar-refractivity contribution in [2.75, 3.05) is 39.6 Å². The zero-order valence-electron chi connectivity index (χ0n) is 47.7. The fourth-order valence-corrected chi connectivity index (χ4v) is 9.75. The van der Waals surface area contributed by atoms with Crippen LogP contribution in [0, 0.1) is 5.92 Å². The van der Waals surface area contributed by atoms with E-state index in [1.165, 1.54) is 89.9 Å². The number of unbranched alkanes of at least 4 members (excludes halogenated alkanes) is 28. The number of aliphatic hydroxyl groups excluding tert-OH is 1. The van der Waals surface area contributed by atoms with Gasteiger partial charge in [-0.05, 0) is 31.6 Å². The van der Waals surface area contributed by atoms with E-state index in [-0.39, 0.29) is 25.7 Å². The van der Waals surface area contributed by atoms with Crippen LogP contribution in [0.4, 0.5) is 0 Å². The van der Waals surface area contributed by atoms with Crippen LogP contribution in [0.15, 0.2) is 0 Å². The molecule has 0 aliphatic carbocycles. The minimum atomic E-state index is -4.93. The summed E-state index contributed by atoms with van der Waals surface area (Å²) in [4.78, 5) is 71.5. The summed E-state index contributed by atoms with van der Waals surface area (Å²) in [5, 5.41) is 10.5. The molecule has 0 spiro atoms. The average Bonchev–Trinajstić information content (AvgIpc) is 3.37. The van der Waals surface area contributed by atoms with E-state index in [4.69, 9.17) is 37.0 Å². The topological polar surface area (TPSA) is 237 Å². The molecule has 444 valence electrons. The summed E-state index contributed by atoms with van der Waals surface area (Å²) in [7, 11) is -9.86. The van der Waals surface area contributed by atoms with Crippen LogP contribution in [0.2, 0.25) is 0 Å². The maximum Gasteiger partial charge on any atom is 0.472 e. The number of carbonyl (C=O) groups excluding carboxylic acids is 4. The number of esters is 4. The molecule has 75 heavy (non-hydrogen) atoms. The lowest BCUT2D eigenvalue weighted by Gasteiger charge is -2.21. The van der Waals surface area contributed by atoms with Crippen LogP contribution < -0.4 is 0 Å². The molecule has 0 bridgehead atoms. The second-order valence-electron chi connectivity index (χ2n) is 20.8. The molecular formula is C56H108O17P2. The minimum Gasteiger partial charge on any atom is -0.462 e. The SMILES string of the molecule is CCCCCCCCCCCCC(=O)OC[C@H](COP(=O)(O)OC[C@@H](O)COP(=O)(O)OC[C@@H](COC(=O)CCCCCCC)OC(=O)CCCCCCCCCCC)OC(=O)CCCCCCCCCCC(C)C. The van der Waals surface area contributed by atoms with E-state index in [9.17, 15) is 43.2 Å². The molecule has 3 N–H and O–H groups in total. The van der Waals surface area contributed by atoms with E-state index in [0.29, 0.717) is 25.7 Å². The van der Waals surface area contributed by atoms with Crippen LogP contribution in [0.1, 0.15) is 272 Å². The molecule has 0 heterocycles. The van der Waals surface area contributed by atoms with Gasteiger partial charge >= 0.3 is 39.5 Å². The smallest absolute Gasteiger partial charge is 0.462 e. The van der Waals surface area contributed by atoms with E-state index < -0.39 is 97.5 Å². The predicted octanol–water partition coefficient (Wildman–Crippen LogP) is 14.7. The minimum absolute atomic E-state index is 0.104. The molecule has 0 aromatic heterocycles. The van der Waals surface area contributed by atoms with Gasteiger partial charge in [-0.25, -0.2) is 9.13 Å². The highest BCUT2D eigenvalue weighted by molar-refractivity contribution is 7.47. The number of ether oxygens (including phenoxy) is 4. The molecule has 0 amide bonds. The van der Waals surface area contributed by atoms with Gasteiger partial charge in [0.15, 0.2) is 12.2 Å². The van der Waals surface area contributed by atoms with Crippen LogP contribution in [0.3, 0.4) is 0 Å². The first kappa shape index (κ1) is 73.1. The number of carbonyl (C=O) groups is 4. The molecule has 0 saturated heterocycles. The van der Waals surface area contributed by atoms with Crippen molar-refractivity contribution < 1.29 is 80.2 Å². The number of hydrogen-bond donors (Lipinski definition) is 3. The van der Waals surface area contributed by atoms with Crippen molar-refractivity contribution in [3.63, 3.8) is 0 Å². The first-order chi connectivity index (χ1) is 36.0. The van der Waals surface area contributed by atoms with Crippen LogP contribution in [-0.4, -0.2) is 96.7 Å². The van der Waals surface area contributed by atoms with Gasteiger partial charge in [-0.1, -0.05) is 221 Å². The maximum atomic E-state index is 12.9. The van der Waals surface area contributed by atoms with E-state index in [0.717, 1.165) is 102 Å². The predicted molar refractivity (Wildman–Crippen MR) is 294 cm³/mol. The molecule has 0 aromatic rings. The lowest BCUT2D eigenvalue weighted by molar-refractivity contribution is -0.161. The van der Waals surface area contributed by atoms with Gasteiger partial charge in [0, 0.05) is 25.7 Å². The quantitative estimate of drug-likeness (QED) is 0.0222. The van der Waals surface area contributed by atoms with Crippen molar-refractivity contribution in [2.24, 2.45) is 5.92 Å². The lowest BCUT2D eigenvalue weighted by atomic mass is 10.0. The number of phosphoric ester groups is 2. The summed E-state index contributed by atoms with van der Waals surface area (Å²) in [5.74, 6) is -1.44. The first-order valence-corrected chi connectivity index (χ1v) is 32.6. The number of hydrogen-bond acceptors (Lipinski definition) is 15. The maximum absolute atomic E-state index is 12.9. The van der Waals surface area contributed by atoms with Gasteiger partial charge in [-0.3, -0.25) is 37.3 Å². The Hall–Kier alpha value is -1.94. The molecular weight excluding hydrogens is 1010 g/mol. The van der Waals surface area contributed by atoms with Crippen LogP contribution in [-0.2, 0) is 65.4 Å². The highest BCUT2D eigenvalue weighted by Gasteiger charge is 2.30.